The van der Waals surface area contributed by atoms with Crippen LogP contribution in [-0.4, -0.2) is 74.5 Å². The Balaban J connectivity index is 0.00000364. The van der Waals surface area contributed by atoms with Gasteiger partial charge in [0.1, 0.15) is 0 Å². The lowest BCUT2D eigenvalue weighted by Crippen LogP contribution is -2.50. The third kappa shape index (κ3) is 8.13. The molecule has 1 heterocycles. The van der Waals surface area contributed by atoms with E-state index in [1.165, 1.54) is 32.1 Å². The Kier molecular flexibility index (Phi) is 11.0. The van der Waals surface area contributed by atoms with Crippen LogP contribution < -0.4 is 10.6 Å². The molecule has 2 fully saturated rings. The second-order valence-electron chi connectivity index (χ2n) is 8.51. The predicted octanol–water partition coefficient (Wildman–Crippen LogP) is 2.54. The van der Waals surface area contributed by atoms with Crippen LogP contribution in [0.1, 0.15) is 52.9 Å². The van der Waals surface area contributed by atoms with Crippen LogP contribution in [0, 0.1) is 11.3 Å². The number of carbonyl (C=O) groups excluding carboxylic acids is 1. The molecule has 1 aliphatic heterocycles. The fourth-order valence-corrected chi connectivity index (χ4v) is 4.55. The number of halogens is 1. The van der Waals surface area contributed by atoms with Crippen molar-refractivity contribution in [2.24, 2.45) is 16.3 Å². The summed E-state index contributed by atoms with van der Waals surface area (Å²) in [6.07, 6.45) is 6.72. The molecule has 7 heteroatoms. The van der Waals surface area contributed by atoms with Crippen LogP contribution in [0.2, 0.25) is 0 Å². The summed E-state index contributed by atoms with van der Waals surface area (Å²) in [6.45, 7) is 12.8. The number of carbonyl (C=O) groups is 1. The van der Waals surface area contributed by atoms with E-state index in [9.17, 15) is 4.79 Å². The lowest BCUT2D eigenvalue weighted by atomic mass is 9.78. The Labute approximate surface area is 182 Å². The van der Waals surface area contributed by atoms with Crippen molar-refractivity contribution in [2.75, 3.05) is 52.9 Å². The van der Waals surface area contributed by atoms with E-state index in [2.05, 4.69) is 34.4 Å². The first-order chi connectivity index (χ1) is 12.4. The molecule has 2 rings (SSSR count). The maximum absolute atomic E-state index is 11.4. The number of rotatable bonds is 7. The molecule has 158 valence electrons. The molecule has 1 saturated heterocycles. The van der Waals surface area contributed by atoms with Gasteiger partial charge in [-0.05, 0) is 30.6 Å². The van der Waals surface area contributed by atoms with Crippen molar-refractivity contribution in [2.45, 2.75) is 52.9 Å². The second kappa shape index (κ2) is 12.1. The molecule has 27 heavy (non-hydrogen) atoms. The van der Waals surface area contributed by atoms with Crippen LogP contribution in [0.15, 0.2) is 4.99 Å². The van der Waals surface area contributed by atoms with Gasteiger partial charge in [-0.3, -0.25) is 14.7 Å². The van der Waals surface area contributed by atoms with Crippen LogP contribution in [0.4, 0.5) is 0 Å². The molecule has 1 aliphatic carbocycles. The Morgan fingerprint density at radius 1 is 1.11 bits per heavy atom. The van der Waals surface area contributed by atoms with Crippen molar-refractivity contribution in [1.29, 1.82) is 0 Å². The molecular weight excluding hydrogens is 453 g/mol. The highest BCUT2D eigenvalue weighted by Gasteiger charge is 2.34. The molecule has 2 N–H and O–H groups in total. The Morgan fingerprint density at radius 3 is 2.26 bits per heavy atom. The van der Waals surface area contributed by atoms with Gasteiger partial charge in [0.25, 0.3) is 0 Å². The molecule has 2 aliphatic rings. The predicted molar refractivity (Wildman–Crippen MR) is 124 cm³/mol. The van der Waals surface area contributed by atoms with Crippen molar-refractivity contribution < 1.29 is 4.79 Å². The summed E-state index contributed by atoms with van der Waals surface area (Å²) in [4.78, 5) is 20.1. The number of nitrogens with zero attached hydrogens (tertiary/aromatic N) is 3. The van der Waals surface area contributed by atoms with Gasteiger partial charge >= 0.3 is 0 Å². The zero-order valence-corrected chi connectivity index (χ0v) is 20.1. The molecule has 1 saturated carbocycles. The second-order valence-corrected chi connectivity index (χ2v) is 8.51. The van der Waals surface area contributed by atoms with E-state index in [4.69, 9.17) is 0 Å². The first-order valence-electron chi connectivity index (χ1n) is 10.4. The van der Waals surface area contributed by atoms with Crippen molar-refractivity contribution >= 4 is 35.8 Å². The van der Waals surface area contributed by atoms with E-state index >= 15 is 0 Å². The quantitative estimate of drug-likeness (QED) is 0.325. The van der Waals surface area contributed by atoms with Crippen molar-refractivity contribution in [3.63, 3.8) is 0 Å². The Hall–Kier alpha value is -0.570. The molecule has 0 bridgehead atoms. The van der Waals surface area contributed by atoms with Gasteiger partial charge in [-0.15, -0.1) is 24.0 Å². The molecule has 0 spiro atoms. The number of amides is 1. The third-order valence-corrected chi connectivity index (χ3v) is 5.90. The minimum atomic E-state index is 0. The summed E-state index contributed by atoms with van der Waals surface area (Å²) < 4.78 is 0. The van der Waals surface area contributed by atoms with Gasteiger partial charge in [-0.2, -0.15) is 0 Å². The molecule has 0 aromatic carbocycles. The summed E-state index contributed by atoms with van der Waals surface area (Å²) in [5.74, 6) is 1.86. The smallest absolute Gasteiger partial charge is 0.219 e. The first kappa shape index (κ1) is 24.5. The summed E-state index contributed by atoms with van der Waals surface area (Å²) in [7, 11) is 1.85. The van der Waals surface area contributed by atoms with Gasteiger partial charge in [-0.25, -0.2) is 0 Å². The highest BCUT2D eigenvalue weighted by atomic mass is 127. The average Bonchev–Trinajstić information content (AvgIpc) is 3.06. The van der Waals surface area contributed by atoms with Gasteiger partial charge < -0.3 is 15.5 Å². The minimum Gasteiger partial charge on any atom is -0.356 e. The molecule has 1 amide bonds. The standard InChI is InChI=1S/C20H39N5O.HI/c1-17(2)15-20(7-5-6-8-20)16-23-19(21-4)22-9-10-24-11-13-25(14-12-24)18(3)26;/h17H,5-16H2,1-4H3,(H2,21,22,23);1H. The summed E-state index contributed by atoms with van der Waals surface area (Å²) in [5, 5.41) is 7.05. The molecule has 6 nitrogen and oxygen atoms in total. The number of aliphatic imine (C=N–C) groups is 1. The van der Waals surface area contributed by atoms with Gasteiger partial charge in [0.2, 0.25) is 5.91 Å². The number of guanidine groups is 1. The van der Waals surface area contributed by atoms with Crippen molar-refractivity contribution in [3.05, 3.63) is 0 Å². The van der Waals surface area contributed by atoms with E-state index < -0.39 is 0 Å². The van der Waals surface area contributed by atoms with E-state index in [-0.39, 0.29) is 29.9 Å². The van der Waals surface area contributed by atoms with E-state index in [0.717, 1.165) is 57.7 Å². The lowest BCUT2D eigenvalue weighted by molar-refractivity contribution is -0.130. The molecule has 0 atom stereocenters. The highest BCUT2D eigenvalue weighted by molar-refractivity contribution is 14.0. The number of nitrogens with one attached hydrogen (secondary N) is 2. The van der Waals surface area contributed by atoms with Gasteiger partial charge in [-0.1, -0.05) is 26.7 Å². The monoisotopic (exact) mass is 493 g/mol. The normalized spacial score (nSPS) is 20.5. The van der Waals surface area contributed by atoms with Crippen LogP contribution >= 0.6 is 24.0 Å². The van der Waals surface area contributed by atoms with E-state index in [1.807, 2.05) is 11.9 Å². The van der Waals surface area contributed by atoms with Crippen LogP contribution in [0.3, 0.4) is 0 Å². The van der Waals surface area contributed by atoms with Crippen LogP contribution in [-0.2, 0) is 4.79 Å². The zero-order chi connectivity index (χ0) is 19.0. The number of hydrogen-bond donors (Lipinski definition) is 2. The first-order valence-corrected chi connectivity index (χ1v) is 10.4. The van der Waals surface area contributed by atoms with E-state index in [1.54, 1.807) is 6.92 Å². The Bertz CT molecular complexity index is 469. The maximum atomic E-state index is 11.4. The molecule has 0 aromatic rings. The summed E-state index contributed by atoms with van der Waals surface area (Å²) in [5.41, 5.74) is 0.453. The molecule has 0 radical (unpaired) electrons. The van der Waals surface area contributed by atoms with Gasteiger partial charge in [0.15, 0.2) is 5.96 Å². The third-order valence-electron chi connectivity index (χ3n) is 5.90. The Morgan fingerprint density at radius 2 is 1.74 bits per heavy atom. The van der Waals surface area contributed by atoms with Gasteiger partial charge in [0, 0.05) is 59.8 Å². The van der Waals surface area contributed by atoms with Gasteiger partial charge in [0.05, 0.1) is 0 Å². The van der Waals surface area contributed by atoms with Crippen LogP contribution in [0.25, 0.3) is 0 Å². The molecule has 0 unspecified atom stereocenters. The van der Waals surface area contributed by atoms with Crippen LogP contribution in [0.5, 0.6) is 0 Å². The van der Waals surface area contributed by atoms with Crippen molar-refractivity contribution in [1.82, 2.24) is 20.4 Å². The van der Waals surface area contributed by atoms with Crippen molar-refractivity contribution in [3.8, 4) is 0 Å². The zero-order valence-electron chi connectivity index (χ0n) is 17.7. The fraction of sp³-hybridized carbons (Fsp3) is 0.900. The lowest BCUT2D eigenvalue weighted by Gasteiger charge is -2.34. The number of hydrogen-bond acceptors (Lipinski definition) is 3. The molecular formula is C20H40IN5O. The average molecular weight is 493 g/mol. The maximum Gasteiger partial charge on any atom is 0.219 e. The molecule has 0 aromatic heterocycles. The fourth-order valence-electron chi connectivity index (χ4n) is 4.55. The SMILES string of the molecule is CN=C(NCCN1CCN(C(C)=O)CC1)NCC1(CC(C)C)CCCC1.I. The van der Waals surface area contributed by atoms with E-state index in [0.29, 0.717) is 5.41 Å². The summed E-state index contributed by atoms with van der Waals surface area (Å²) in [6, 6.07) is 0. The summed E-state index contributed by atoms with van der Waals surface area (Å²) >= 11 is 0. The largest absolute Gasteiger partial charge is 0.356 e. The number of piperazine rings is 1. The topological polar surface area (TPSA) is 60.0 Å². The minimum absolute atomic E-state index is 0. The highest BCUT2D eigenvalue weighted by Crippen LogP contribution is 2.42.